The van der Waals surface area contributed by atoms with Gasteiger partial charge >= 0.3 is 0 Å². The van der Waals surface area contributed by atoms with E-state index in [0.717, 1.165) is 18.7 Å². The van der Waals surface area contributed by atoms with Gasteiger partial charge in [-0.15, -0.1) is 0 Å². The number of hydrogen-bond acceptors (Lipinski definition) is 3. The maximum absolute atomic E-state index is 13.8. The Balaban J connectivity index is 2.00. The molecule has 1 aliphatic rings. The van der Waals surface area contributed by atoms with Crippen LogP contribution >= 0.6 is 0 Å². The van der Waals surface area contributed by atoms with Crippen LogP contribution in [0.3, 0.4) is 0 Å². The minimum Gasteiger partial charge on any atom is -0.339 e. The molecular formula is C15H20FN3O2. The van der Waals surface area contributed by atoms with Gasteiger partial charge in [0.15, 0.2) is 0 Å². The highest BCUT2D eigenvalue weighted by Gasteiger charge is 2.22. The number of amides is 2. The van der Waals surface area contributed by atoms with E-state index >= 15 is 0 Å². The summed E-state index contributed by atoms with van der Waals surface area (Å²) in [4.78, 5) is 27.3. The molecule has 1 aliphatic heterocycles. The molecule has 1 saturated heterocycles. The van der Waals surface area contributed by atoms with Gasteiger partial charge in [-0.3, -0.25) is 9.59 Å². The second-order valence-corrected chi connectivity index (χ2v) is 5.28. The predicted octanol–water partition coefficient (Wildman–Crippen LogP) is 0.638. The molecule has 0 aliphatic carbocycles. The lowest BCUT2D eigenvalue weighted by atomic mass is 10.1. The number of nitrogens with zero attached hydrogens (tertiary/aromatic N) is 2. The number of rotatable bonds is 3. The fraction of sp³-hybridized carbons (Fsp3) is 0.467. The molecule has 0 spiro atoms. The quantitative estimate of drug-likeness (QED) is 0.890. The normalized spacial score (nSPS) is 14.9. The lowest BCUT2D eigenvalue weighted by Crippen LogP contribution is -2.49. The number of piperazine rings is 1. The molecule has 1 aromatic rings. The van der Waals surface area contributed by atoms with Crippen molar-refractivity contribution >= 4 is 11.8 Å². The molecule has 0 bridgehead atoms. The van der Waals surface area contributed by atoms with Crippen LogP contribution in [0.15, 0.2) is 18.2 Å². The molecule has 0 atom stereocenters. The van der Waals surface area contributed by atoms with E-state index in [-0.39, 0.29) is 18.0 Å². The number of nitrogens with one attached hydrogen (secondary N) is 1. The second kappa shape index (κ2) is 6.67. The van der Waals surface area contributed by atoms with Gasteiger partial charge in [-0.1, -0.05) is 6.07 Å². The third kappa shape index (κ3) is 3.78. The highest BCUT2D eigenvalue weighted by atomic mass is 19.1. The van der Waals surface area contributed by atoms with Crippen molar-refractivity contribution in [2.24, 2.45) is 0 Å². The minimum atomic E-state index is -0.554. The van der Waals surface area contributed by atoms with Gasteiger partial charge < -0.3 is 15.1 Å². The van der Waals surface area contributed by atoms with Crippen LogP contribution in [-0.4, -0.2) is 61.4 Å². The van der Waals surface area contributed by atoms with Crippen molar-refractivity contribution in [1.29, 1.82) is 0 Å². The van der Waals surface area contributed by atoms with Gasteiger partial charge in [-0.05, 0) is 24.6 Å². The number of carbonyl (C=O) groups is 2. The maximum atomic E-state index is 13.8. The summed E-state index contributed by atoms with van der Waals surface area (Å²) in [6.07, 6.45) is 0. The van der Waals surface area contributed by atoms with Crippen molar-refractivity contribution in [2.75, 3.05) is 39.8 Å². The summed E-state index contributed by atoms with van der Waals surface area (Å²) in [5.74, 6) is -1.14. The minimum absolute atomic E-state index is 0.00351. The molecular weight excluding hydrogens is 273 g/mol. The number of aryl methyl sites for hydroxylation is 1. The van der Waals surface area contributed by atoms with Crippen LogP contribution in [0.1, 0.15) is 15.9 Å². The summed E-state index contributed by atoms with van der Waals surface area (Å²) in [6, 6.07) is 4.46. The summed E-state index contributed by atoms with van der Waals surface area (Å²) in [5, 5.41) is 3.16. The first-order valence-corrected chi connectivity index (χ1v) is 6.99. The average molecular weight is 293 g/mol. The van der Waals surface area contributed by atoms with Crippen molar-refractivity contribution in [1.82, 2.24) is 15.1 Å². The largest absolute Gasteiger partial charge is 0.339 e. The van der Waals surface area contributed by atoms with Gasteiger partial charge in [0.25, 0.3) is 5.91 Å². The average Bonchev–Trinajstić information content (AvgIpc) is 2.47. The van der Waals surface area contributed by atoms with Crippen LogP contribution in [0.25, 0.3) is 0 Å². The number of carbonyl (C=O) groups excluding carboxylic acids is 2. The molecule has 1 aromatic carbocycles. The Hall–Kier alpha value is -1.95. The van der Waals surface area contributed by atoms with Gasteiger partial charge in [0.2, 0.25) is 5.91 Å². The van der Waals surface area contributed by atoms with E-state index in [4.69, 9.17) is 0 Å². The van der Waals surface area contributed by atoms with Crippen molar-refractivity contribution in [3.8, 4) is 0 Å². The molecule has 0 saturated carbocycles. The Morgan fingerprint density at radius 2 is 2.00 bits per heavy atom. The molecule has 1 fully saturated rings. The first kappa shape index (κ1) is 15.4. The summed E-state index contributed by atoms with van der Waals surface area (Å²) < 4.78 is 13.8. The highest BCUT2D eigenvalue weighted by Crippen LogP contribution is 2.12. The molecule has 0 radical (unpaired) electrons. The molecule has 5 nitrogen and oxygen atoms in total. The monoisotopic (exact) mass is 293 g/mol. The SMILES string of the molecule is Cc1ccc(C(=O)N(C)CC(=O)N2CCNCC2)c(F)c1. The van der Waals surface area contributed by atoms with Gasteiger partial charge in [0.05, 0.1) is 12.1 Å². The van der Waals surface area contributed by atoms with Crippen molar-refractivity contribution in [3.63, 3.8) is 0 Å². The lowest BCUT2D eigenvalue weighted by molar-refractivity contribution is -0.132. The second-order valence-electron chi connectivity index (χ2n) is 5.28. The first-order chi connectivity index (χ1) is 9.99. The van der Waals surface area contributed by atoms with E-state index in [9.17, 15) is 14.0 Å². The zero-order valence-electron chi connectivity index (χ0n) is 12.4. The zero-order valence-corrected chi connectivity index (χ0v) is 12.4. The molecule has 114 valence electrons. The fourth-order valence-electron chi connectivity index (χ4n) is 2.29. The van der Waals surface area contributed by atoms with E-state index in [1.807, 2.05) is 0 Å². The van der Waals surface area contributed by atoms with Gasteiger partial charge in [-0.2, -0.15) is 0 Å². The van der Waals surface area contributed by atoms with Crippen molar-refractivity contribution in [3.05, 3.63) is 35.1 Å². The predicted molar refractivity (Wildman–Crippen MR) is 77.5 cm³/mol. The maximum Gasteiger partial charge on any atom is 0.257 e. The molecule has 1 N–H and O–H groups in total. The lowest BCUT2D eigenvalue weighted by Gasteiger charge is -2.29. The molecule has 1 heterocycles. The van der Waals surface area contributed by atoms with Crippen molar-refractivity contribution < 1.29 is 14.0 Å². The number of hydrogen-bond donors (Lipinski definition) is 1. The standard InChI is InChI=1S/C15H20FN3O2/c1-11-3-4-12(13(16)9-11)15(21)18(2)10-14(20)19-7-5-17-6-8-19/h3-4,9,17H,5-8,10H2,1-2H3. The summed E-state index contributed by atoms with van der Waals surface area (Å²) in [7, 11) is 1.52. The van der Waals surface area contributed by atoms with Gasteiger partial charge in [-0.25, -0.2) is 4.39 Å². The van der Waals surface area contributed by atoms with E-state index in [0.29, 0.717) is 13.1 Å². The van der Waals surface area contributed by atoms with Crippen LogP contribution in [-0.2, 0) is 4.79 Å². The summed E-state index contributed by atoms with van der Waals surface area (Å²) in [5.41, 5.74) is 0.750. The smallest absolute Gasteiger partial charge is 0.257 e. The number of likely N-dealkylation sites (N-methyl/N-ethyl adjacent to an activating group) is 1. The van der Waals surface area contributed by atoms with Gasteiger partial charge in [0, 0.05) is 33.2 Å². The van der Waals surface area contributed by atoms with Gasteiger partial charge in [0.1, 0.15) is 5.82 Å². The molecule has 0 unspecified atom stereocenters. The topological polar surface area (TPSA) is 52.7 Å². The molecule has 0 aromatic heterocycles. The Bertz CT molecular complexity index is 542. The third-order valence-electron chi connectivity index (χ3n) is 3.54. The van der Waals surface area contributed by atoms with Crippen molar-refractivity contribution in [2.45, 2.75) is 6.92 Å². The zero-order chi connectivity index (χ0) is 15.4. The number of halogens is 1. The fourth-order valence-corrected chi connectivity index (χ4v) is 2.29. The Labute approximate surface area is 123 Å². The first-order valence-electron chi connectivity index (χ1n) is 6.99. The van der Waals surface area contributed by atoms with E-state index < -0.39 is 11.7 Å². The van der Waals surface area contributed by atoms with Crippen LogP contribution in [0.5, 0.6) is 0 Å². The van der Waals surface area contributed by atoms with Crippen LogP contribution in [0.2, 0.25) is 0 Å². The van der Waals surface area contributed by atoms with Crippen LogP contribution < -0.4 is 5.32 Å². The summed E-state index contributed by atoms with van der Waals surface area (Å²) >= 11 is 0. The van der Waals surface area contributed by atoms with Crippen LogP contribution in [0.4, 0.5) is 4.39 Å². The van der Waals surface area contributed by atoms with E-state index in [1.54, 1.807) is 17.9 Å². The molecule has 21 heavy (non-hydrogen) atoms. The van der Waals surface area contributed by atoms with E-state index in [2.05, 4.69) is 5.32 Å². The summed E-state index contributed by atoms with van der Waals surface area (Å²) in [6.45, 7) is 4.52. The molecule has 2 rings (SSSR count). The molecule has 6 heteroatoms. The molecule has 2 amide bonds. The van der Waals surface area contributed by atoms with E-state index in [1.165, 1.54) is 24.1 Å². The number of benzene rings is 1. The third-order valence-corrected chi connectivity index (χ3v) is 3.54. The van der Waals surface area contributed by atoms with Crippen LogP contribution in [0, 0.1) is 12.7 Å². The highest BCUT2D eigenvalue weighted by molar-refractivity contribution is 5.96. The Morgan fingerprint density at radius 3 is 2.62 bits per heavy atom. The Morgan fingerprint density at radius 1 is 1.33 bits per heavy atom. The Kier molecular flexibility index (Phi) is 4.90.